The van der Waals surface area contributed by atoms with Crippen molar-refractivity contribution >= 4 is 11.5 Å². The van der Waals surface area contributed by atoms with Crippen molar-refractivity contribution in [3.8, 4) is 0 Å². The molecule has 0 saturated heterocycles. The summed E-state index contributed by atoms with van der Waals surface area (Å²) < 4.78 is 4.13. The quantitative estimate of drug-likeness (QED) is 0.674. The number of hydrogen-bond acceptors (Lipinski definition) is 5. The summed E-state index contributed by atoms with van der Waals surface area (Å²) >= 11 is 1.41. The molecule has 1 aromatic heterocycles. The van der Waals surface area contributed by atoms with E-state index in [1.165, 1.54) is 28.2 Å². The van der Waals surface area contributed by atoms with Crippen molar-refractivity contribution in [3.05, 3.63) is 45.5 Å². The lowest BCUT2D eigenvalue weighted by Crippen LogP contribution is -2.31. The van der Waals surface area contributed by atoms with Crippen molar-refractivity contribution < 1.29 is 0 Å². The summed E-state index contributed by atoms with van der Waals surface area (Å²) in [6.45, 7) is 10.7. The monoisotopic (exact) mass is 290 g/mol. The SMILES string of the molecule is Cc1cccc(C(NN)c2snnc2C(C)(C)C)c1C. The Morgan fingerprint density at radius 3 is 2.55 bits per heavy atom. The van der Waals surface area contributed by atoms with Gasteiger partial charge in [0.25, 0.3) is 0 Å². The molecule has 0 aliphatic carbocycles. The lowest BCUT2D eigenvalue weighted by molar-refractivity contribution is 0.543. The number of nitrogens with zero attached hydrogens (tertiary/aromatic N) is 2. The molecule has 2 aromatic rings. The van der Waals surface area contributed by atoms with Crippen molar-refractivity contribution in [2.75, 3.05) is 0 Å². The first kappa shape index (κ1) is 15.1. The van der Waals surface area contributed by atoms with Gasteiger partial charge >= 0.3 is 0 Å². The number of aromatic nitrogens is 2. The highest BCUT2D eigenvalue weighted by atomic mass is 32.1. The van der Waals surface area contributed by atoms with Crippen LogP contribution in [0.3, 0.4) is 0 Å². The molecule has 108 valence electrons. The van der Waals surface area contributed by atoms with Gasteiger partial charge in [0.15, 0.2) is 0 Å². The fraction of sp³-hybridized carbons (Fsp3) is 0.467. The molecule has 2 rings (SSSR count). The smallest absolute Gasteiger partial charge is 0.0861 e. The summed E-state index contributed by atoms with van der Waals surface area (Å²) in [7, 11) is 0. The molecule has 0 bridgehead atoms. The highest BCUT2D eigenvalue weighted by Crippen LogP contribution is 2.34. The standard InChI is InChI=1S/C15H22N4S/c1-9-7-6-8-11(10(9)2)12(17-16)13-14(15(3,4)5)18-19-20-13/h6-8,12,17H,16H2,1-5H3. The Balaban J connectivity index is 2.54. The first-order valence-corrected chi connectivity index (χ1v) is 7.48. The average molecular weight is 290 g/mol. The number of benzene rings is 1. The van der Waals surface area contributed by atoms with E-state index in [1.54, 1.807) is 0 Å². The van der Waals surface area contributed by atoms with Gasteiger partial charge in [-0.25, -0.2) is 5.43 Å². The van der Waals surface area contributed by atoms with Crippen molar-refractivity contribution in [1.29, 1.82) is 0 Å². The van der Waals surface area contributed by atoms with E-state index in [1.807, 2.05) is 0 Å². The van der Waals surface area contributed by atoms with Crippen LogP contribution in [0.1, 0.15) is 54.1 Å². The Kier molecular flexibility index (Phi) is 4.22. The molecule has 20 heavy (non-hydrogen) atoms. The molecule has 0 amide bonds. The summed E-state index contributed by atoms with van der Waals surface area (Å²) in [6.07, 6.45) is 0. The summed E-state index contributed by atoms with van der Waals surface area (Å²) in [5, 5.41) is 4.31. The van der Waals surface area contributed by atoms with Crippen LogP contribution in [0.25, 0.3) is 0 Å². The van der Waals surface area contributed by atoms with Crippen LogP contribution in [-0.2, 0) is 5.41 Å². The molecule has 0 aliphatic heterocycles. The minimum Gasteiger partial charge on any atom is -0.271 e. The number of aryl methyl sites for hydroxylation is 1. The Morgan fingerprint density at radius 1 is 1.25 bits per heavy atom. The molecule has 4 nitrogen and oxygen atoms in total. The van der Waals surface area contributed by atoms with Crippen LogP contribution in [0.4, 0.5) is 0 Å². The van der Waals surface area contributed by atoms with Crippen molar-refractivity contribution in [2.24, 2.45) is 5.84 Å². The highest BCUT2D eigenvalue weighted by Gasteiger charge is 2.28. The third-order valence-corrected chi connectivity index (χ3v) is 4.40. The van der Waals surface area contributed by atoms with Crippen LogP contribution in [0.15, 0.2) is 18.2 Å². The maximum Gasteiger partial charge on any atom is 0.0861 e. The molecule has 0 fully saturated rings. The number of hydrogen-bond donors (Lipinski definition) is 2. The Bertz CT molecular complexity index is 598. The zero-order valence-electron chi connectivity index (χ0n) is 12.7. The molecule has 0 spiro atoms. The largest absolute Gasteiger partial charge is 0.271 e. The van der Waals surface area contributed by atoms with Gasteiger partial charge in [0.1, 0.15) is 0 Å². The maximum atomic E-state index is 5.83. The zero-order chi connectivity index (χ0) is 14.9. The summed E-state index contributed by atoms with van der Waals surface area (Å²) in [4.78, 5) is 1.09. The molecule has 3 N–H and O–H groups in total. The third-order valence-electron chi connectivity index (χ3n) is 3.61. The first-order chi connectivity index (χ1) is 9.36. The molecule has 5 heteroatoms. The molecular formula is C15H22N4S. The number of nitrogens with two attached hydrogens (primary N) is 1. The molecule has 0 radical (unpaired) electrons. The normalized spacial score (nSPS) is 13.5. The molecule has 1 aromatic carbocycles. The van der Waals surface area contributed by atoms with Crippen LogP contribution < -0.4 is 11.3 Å². The Labute approximate surface area is 124 Å². The van der Waals surface area contributed by atoms with Gasteiger partial charge in [0, 0.05) is 5.41 Å². The first-order valence-electron chi connectivity index (χ1n) is 6.71. The molecule has 0 aliphatic rings. The predicted molar refractivity (Wildman–Crippen MR) is 83.7 cm³/mol. The fourth-order valence-corrected chi connectivity index (χ4v) is 3.24. The van der Waals surface area contributed by atoms with Gasteiger partial charge in [0.2, 0.25) is 0 Å². The van der Waals surface area contributed by atoms with Crippen LogP contribution in [0, 0.1) is 13.8 Å². The molecule has 1 unspecified atom stereocenters. The van der Waals surface area contributed by atoms with Crippen molar-refractivity contribution in [2.45, 2.75) is 46.1 Å². The molecular weight excluding hydrogens is 268 g/mol. The van der Waals surface area contributed by atoms with Crippen molar-refractivity contribution in [1.82, 2.24) is 15.0 Å². The van der Waals surface area contributed by atoms with E-state index < -0.39 is 0 Å². The van der Waals surface area contributed by atoms with E-state index in [2.05, 4.69) is 67.8 Å². The lowest BCUT2D eigenvalue weighted by atomic mass is 9.88. The fourth-order valence-electron chi connectivity index (χ4n) is 2.30. The average Bonchev–Trinajstić information content (AvgIpc) is 2.84. The van der Waals surface area contributed by atoms with Gasteiger partial charge in [-0.1, -0.05) is 43.5 Å². The van der Waals surface area contributed by atoms with E-state index in [9.17, 15) is 0 Å². The van der Waals surface area contributed by atoms with E-state index in [0.29, 0.717) is 0 Å². The summed E-state index contributed by atoms with van der Waals surface area (Å²) in [5.74, 6) is 5.83. The van der Waals surface area contributed by atoms with E-state index in [4.69, 9.17) is 5.84 Å². The lowest BCUT2D eigenvalue weighted by Gasteiger charge is -2.23. The summed E-state index contributed by atoms with van der Waals surface area (Å²) in [5.41, 5.74) is 7.59. The number of rotatable bonds is 3. The van der Waals surface area contributed by atoms with Crippen molar-refractivity contribution in [3.63, 3.8) is 0 Å². The second kappa shape index (κ2) is 5.60. The molecule has 0 saturated carbocycles. The minimum atomic E-state index is -0.0656. The zero-order valence-corrected chi connectivity index (χ0v) is 13.5. The molecule has 1 atom stereocenters. The van der Waals surface area contributed by atoms with Gasteiger partial charge < -0.3 is 0 Å². The Hall–Kier alpha value is -1.30. The van der Waals surface area contributed by atoms with E-state index >= 15 is 0 Å². The van der Waals surface area contributed by atoms with E-state index in [0.717, 1.165) is 10.6 Å². The third kappa shape index (κ3) is 2.75. The van der Waals surface area contributed by atoms with Gasteiger partial charge in [-0.3, -0.25) is 5.84 Å². The summed E-state index contributed by atoms with van der Waals surface area (Å²) in [6, 6.07) is 6.22. The Morgan fingerprint density at radius 2 is 1.95 bits per heavy atom. The van der Waals surface area contributed by atoms with Crippen LogP contribution in [0.2, 0.25) is 0 Å². The maximum absolute atomic E-state index is 5.83. The number of nitrogens with one attached hydrogen (secondary N) is 1. The highest BCUT2D eigenvalue weighted by molar-refractivity contribution is 7.05. The number of hydrazine groups is 1. The van der Waals surface area contributed by atoms with E-state index in [-0.39, 0.29) is 11.5 Å². The second-order valence-corrected chi connectivity index (χ2v) is 6.91. The predicted octanol–water partition coefficient (Wildman–Crippen LogP) is 3.01. The van der Waals surface area contributed by atoms with Crippen LogP contribution >= 0.6 is 11.5 Å². The topological polar surface area (TPSA) is 63.8 Å². The van der Waals surface area contributed by atoms with Gasteiger partial charge in [-0.2, -0.15) is 0 Å². The van der Waals surface area contributed by atoms with Gasteiger partial charge in [-0.05, 0) is 42.1 Å². The minimum absolute atomic E-state index is 0.0465. The molecule has 1 heterocycles. The van der Waals surface area contributed by atoms with Crippen LogP contribution in [0.5, 0.6) is 0 Å². The van der Waals surface area contributed by atoms with Gasteiger partial charge in [-0.15, -0.1) is 5.10 Å². The van der Waals surface area contributed by atoms with Gasteiger partial charge in [0.05, 0.1) is 16.6 Å². The second-order valence-electron chi connectivity index (χ2n) is 6.12. The van der Waals surface area contributed by atoms with Crippen LogP contribution in [-0.4, -0.2) is 9.59 Å².